The quantitative estimate of drug-likeness (QED) is 0.908. The fraction of sp³-hybridized carbons (Fsp3) is 0.333. The van der Waals surface area contributed by atoms with E-state index >= 15 is 0 Å². The number of hydrogen-bond donors (Lipinski definition) is 1. The SMILES string of the molecule is CNCCN1C2c3ccccc3C1c1sccc12. The van der Waals surface area contributed by atoms with E-state index in [1.807, 2.05) is 18.4 Å². The van der Waals surface area contributed by atoms with Crippen LogP contribution in [0.1, 0.15) is 33.7 Å². The van der Waals surface area contributed by atoms with Gasteiger partial charge < -0.3 is 5.32 Å². The number of benzene rings is 1. The first-order valence-electron chi connectivity index (χ1n) is 6.48. The molecular weight excluding hydrogens is 240 g/mol. The van der Waals surface area contributed by atoms with Crippen molar-refractivity contribution in [3.8, 4) is 0 Å². The first-order chi connectivity index (χ1) is 8.92. The van der Waals surface area contributed by atoms with Crippen molar-refractivity contribution in [1.29, 1.82) is 0 Å². The molecule has 3 heteroatoms. The first kappa shape index (κ1) is 10.7. The summed E-state index contributed by atoms with van der Waals surface area (Å²) in [6, 6.07) is 12.3. The molecule has 3 heterocycles. The van der Waals surface area contributed by atoms with Gasteiger partial charge in [-0.1, -0.05) is 24.3 Å². The lowest BCUT2D eigenvalue weighted by molar-refractivity contribution is 0.240. The van der Waals surface area contributed by atoms with Crippen molar-refractivity contribution in [1.82, 2.24) is 10.2 Å². The summed E-state index contributed by atoms with van der Waals surface area (Å²) < 4.78 is 0. The number of thiophene rings is 1. The molecule has 92 valence electrons. The molecule has 0 spiro atoms. The molecule has 0 saturated heterocycles. The molecule has 2 aliphatic rings. The molecule has 0 saturated carbocycles. The molecule has 2 bridgehead atoms. The van der Waals surface area contributed by atoms with Gasteiger partial charge in [0.2, 0.25) is 0 Å². The molecule has 2 atom stereocenters. The lowest BCUT2D eigenvalue weighted by Crippen LogP contribution is -2.29. The minimum atomic E-state index is 0.501. The Labute approximate surface area is 111 Å². The van der Waals surface area contributed by atoms with Crippen LogP contribution >= 0.6 is 11.3 Å². The van der Waals surface area contributed by atoms with E-state index in [0.29, 0.717) is 12.1 Å². The lowest BCUT2D eigenvalue weighted by Gasteiger charge is -2.22. The highest BCUT2D eigenvalue weighted by atomic mass is 32.1. The van der Waals surface area contributed by atoms with E-state index in [0.717, 1.165) is 13.1 Å². The summed E-state index contributed by atoms with van der Waals surface area (Å²) in [6.45, 7) is 2.16. The average Bonchev–Trinajstić information content (AvgIpc) is 3.05. The molecule has 1 aromatic heterocycles. The van der Waals surface area contributed by atoms with Crippen LogP contribution in [0.2, 0.25) is 0 Å². The standard InChI is InChI=1S/C15H16N2S/c1-16-7-8-17-13-10-4-2-3-5-11(10)14(17)15-12(13)6-9-18-15/h2-6,9,13-14,16H,7-8H2,1H3. The van der Waals surface area contributed by atoms with Crippen LogP contribution in [0.5, 0.6) is 0 Å². The predicted molar refractivity (Wildman–Crippen MR) is 75.1 cm³/mol. The minimum absolute atomic E-state index is 0.501. The molecule has 0 aliphatic carbocycles. The Morgan fingerprint density at radius 1 is 1.11 bits per heavy atom. The van der Waals surface area contributed by atoms with E-state index in [1.54, 1.807) is 10.4 Å². The Kier molecular flexibility index (Phi) is 2.34. The third-order valence-electron chi connectivity index (χ3n) is 4.14. The van der Waals surface area contributed by atoms with Gasteiger partial charge in [-0.25, -0.2) is 0 Å². The van der Waals surface area contributed by atoms with Crippen LogP contribution in [-0.4, -0.2) is 25.0 Å². The maximum Gasteiger partial charge on any atom is 0.0711 e. The number of fused-ring (bicyclic) bond motifs is 8. The van der Waals surface area contributed by atoms with Crippen LogP contribution in [-0.2, 0) is 0 Å². The fourth-order valence-corrected chi connectivity index (χ4v) is 4.50. The van der Waals surface area contributed by atoms with E-state index in [2.05, 4.69) is 45.9 Å². The van der Waals surface area contributed by atoms with Gasteiger partial charge in [-0.2, -0.15) is 0 Å². The number of nitrogens with zero attached hydrogens (tertiary/aromatic N) is 1. The van der Waals surface area contributed by atoms with Gasteiger partial charge in [-0.15, -0.1) is 11.3 Å². The van der Waals surface area contributed by atoms with Crippen LogP contribution in [0.15, 0.2) is 35.7 Å². The van der Waals surface area contributed by atoms with Crippen molar-refractivity contribution >= 4 is 11.3 Å². The van der Waals surface area contributed by atoms with Crippen molar-refractivity contribution in [3.05, 3.63) is 57.3 Å². The first-order valence-corrected chi connectivity index (χ1v) is 7.36. The summed E-state index contributed by atoms with van der Waals surface area (Å²) in [4.78, 5) is 4.21. The summed E-state index contributed by atoms with van der Waals surface area (Å²) in [5.74, 6) is 0. The topological polar surface area (TPSA) is 15.3 Å². The zero-order valence-electron chi connectivity index (χ0n) is 10.4. The molecule has 0 fully saturated rings. The van der Waals surface area contributed by atoms with Crippen molar-refractivity contribution < 1.29 is 0 Å². The summed E-state index contributed by atoms with van der Waals surface area (Å²) in [5, 5.41) is 5.51. The molecule has 2 nitrogen and oxygen atoms in total. The van der Waals surface area contributed by atoms with Gasteiger partial charge in [0, 0.05) is 18.0 Å². The average molecular weight is 256 g/mol. The van der Waals surface area contributed by atoms with Gasteiger partial charge in [0.05, 0.1) is 12.1 Å². The van der Waals surface area contributed by atoms with Crippen LogP contribution in [0.25, 0.3) is 0 Å². The fourth-order valence-electron chi connectivity index (χ4n) is 3.43. The second kappa shape index (κ2) is 3.92. The van der Waals surface area contributed by atoms with Gasteiger partial charge in [0.25, 0.3) is 0 Å². The maximum absolute atomic E-state index is 3.27. The van der Waals surface area contributed by atoms with Crippen molar-refractivity contribution in [2.24, 2.45) is 0 Å². The third kappa shape index (κ3) is 1.24. The third-order valence-corrected chi connectivity index (χ3v) is 5.12. The summed E-state index contributed by atoms with van der Waals surface area (Å²) in [7, 11) is 2.03. The second-order valence-corrected chi connectivity index (χ2v) is 5.96. The highest BCUT2D eigenvalue weighted by Gasteiger charge is 2.47. The monoisotopic (exact) mass is 256 g/mol. The molecule has 2 unspecified atom stereocenters. The van der Waals surface area contributed by atoms with E-state index in [1.165, 1.54) is 11.1 Å². The number of likely N-dealkylation sites (N-methyl/N-ethyl adjacent to an activating group) is 1. The highest BCUT2D eigenvalue weighted by molar-refractivity contribution is 7.10. The maximum atomic E-state index is 3.27. The van der Waals surface area contributed by atoms with Crippen molar-refractivity contribution in [2.75, 3.05) is 20.1 Å². The molecule has 4 rings (SSSR count). The normalized spacial score (nSPS) is 24.3. The second-order valence-electron chi connectivity index (χ2n) is 5.02. The Balaban J connectivity index is 1.82. The lowest BCUT2D eigenvalue weighted by atomic mass is 9.91. The van der Waals surface area contributed by atoms with E-state index in [9.17, 15) is 0 Å². The Morgan fingerprint density at radius 2 is 1.89 bits per heavy atom. The molecule has 2 aromatic rings. The largest absolute Gasteiger partial charge is 0.318 e. The van der Waals surface area contributed by atoms with Crippen LogP contribution < -0.4 is 5.32 Å². The molecule has 1 aromatic carbocycles. The van der Waals surface area contributed by atoms with Crippen LogP contribution in [0.3, 0.4) is 0 Å². The molecule has 0 amide bonds. The van der Waals surface area contributed by atoms with Gasteiger partial charge >= 0.3 is 0 Å². The summed E-state index contributed by atoms with van der Waals surface area (Å²) in [5.41, 5.74) is 4.58. The van der Waals surface area contributed by atoms with Gasteiger partial charge in [-0.3, -0.25) is 4.90 Å². The number of rotatable bonds is 3. The van der Waals surface area contributed by atoms with Gasteiger partial charge in [0.15, 0.2) is 0 Å². The predicted octanol–water partition coefficient (Wildman–Crippen LogP) is 2.78. The smallest absolute Gasteiger partial charge is 0.0711 e. The zero-order valence-corrected chi connectivity index (χ0v) is 11.2. The summed E-state index contributed by atoms with van der Waals surface area (Å²) in [6.07, 6.45) is 0. The van der Waals surface area contributed by atoms with E-state index < -0.39 is 0 Å². The Hall–Kier alpha value is -1.16. The zero-order chi connectivity index (χ0) is 12.1. The van der Waals surface area contributed by atoms with Crippen LogP contribution in [0.4, 0.5) is 0 Å². The van der Waals surface area contributed by atoms with Crippen LogP contribution in [0, 0.1) is 0 Å². The molecular formula is C15H16N2S. The molecule has 2 aliphatic heterocycles. The number of hydrogen-bond acceptors (Lipinski definition) is 3. The Morgan fingerprint density at radius 3 is 2.67 bits per heavy atom. The van der Waals surface area contributed by atoms with Crippen molar-refractivity contribution in [2.45, 2.75) is 12.1 Å². The van der Waals surface area contributed by atoms with Gasteiger partial charge in [0.1, 0.15) is 0 Å². The highest BCUT2D eigenvalue weighted by Crippen LogP contribution is 2.57. The van der Waals surface area contributed by atoms with Gasteiger partial charge in [-0.05, 0) is 35.2 Å². The summed E-state index contributed by atoms with van der Waals surface area (Å²) >= 11 is 1.91. The van der Waals surface area contributed by atoms with E-state index in [4.69, 9.17) is 0 Å². The minimum Gasteiger partial charge on any atom is -0.318 e. The number of nitrogens with one attached hydrogen (secondary N) is 1. The van der Waals surface area contributed by atoms with E-state index in [-0.39, 0.29) is 0 Å². The van der Waals surface area contributed by atoms with Crippen molar-refractivity contribution in [3.63, 3.8) is 0 Å². The molecule has 18 heavy (non-hydrogen) atoms. The molecule has 0 radical (unpaired) electrons. The Bertz CT molecular complexity index is 544. The molecule has 1 N–H and O–H groups in total.